The fourth-order valence-electron chi connectivity index (χ4n) is 2.66. The Morgan fingerprint density at radius 1 is 1.05 bits per heavy atom. The number of amides is 1. The van der Waals surface area contributed by atoms with Gasteiger partial charge in [0.15, 0.2) is 0 Å². The average Bonchev–Trinajstić information content (AvgIpc) is 3.05. The molecule has 0 saturated heterocycles. The lowest BCUT2D eigenvalue weighted by atomic mass is 9.90. The van der Waals surface area contributed by atoms with Gasteiger partial charge in [0.25, 0.3) is 0 Å². The molecule has 1 aliphatic heterocycles. The van der Waals surface area contributed by atoms with E-state index in [0.717, 1.165) is 20.9 Å². The van der Waals surface area contributed by atoms with Gasteiger partial charge in [-0.1, -0.05) is 48.2 Å². The van der Waals surface area contributed by atoms with Crippen LogP contribution >= 0.6 is 11.8 Å². The summed E-state index contributed by atoms with van der Waals surface area (Å²) in [6.45, 7) is 0. The van der Waals surface area contributed by atoms with Crippen molar-refractivity contribution in [3.8, 4) is 0 Å². The summed E-state index contributed by atoms with van der Waals surface area (Å²) >= 11 is 1.69. The van der Waals surface area contributed by atoms with Gasteiger partial charge in [-0.15, -0.1) is 0 Å². The van der Waals surface area contributed by atoms with Crippen LogP contribution < -0.4 is 5.32 Å². The minimum absolute atomic E-state index is 0.136. The number of hydrogen-bond acceptors (Lipinski definition) is 4. The first-order valence-electron chi connectivity index (χ1n) is 6.89. The van der Waals surface area contributed by atoms with E-state index in [0.29, 0.717) is 0 Å². The van der Waals surface area contributed by atoms with E-state index in [2.05, 4.69) is 10.3 Å². The third-order valence-electron chi connectivity index (χ3n) is 3.60. The van der Waals surface area contributed by atoms with E-state index < -0.39 is 0 Å². The van der Waals surface area contributed by atoms with E-state index in [9.17, 15) is 4.79 Å². The Labute approximate surface area is 131 Å². The second kappa shape index (κ2) is 5.35. The van der Waals surface area contributed by atoms with Crippen LogP contribution in [0.2, 0.25) is 0 Å². The molecule has 1 aliphatic rings. The smallest absolute Gasteiger partial charge is 0.301 e. The van der Waals surface area contributed by atoms with E-state index in [1.165, 1.54) is 12.5 Å². The fraction of sp³-hybridized carbons (Fsp3) is 0.0588. The van der Waals surface area contributed by atoms with Crippen molar-refractivity contribution < 1.29 is 9.21 Å². The van der Waals surface area contributed by atoms with Crippen molar-refractivity contribution in [3.05, 3.63) is 72.1 Å². The number of carbonyl (C=O) groups excluding carboxylic acids is 1. The number of nitrogens with zero attached hydrogens (tertiary/aromatic N) is 1. The van der Waals surface area contributed by atoms with E-state index >= 15 is 0 Å². The highest BCUT2D eigenvalue weighted by molar-refractivity contribution is 7.99. The van der Waals surface area contributed by atoms with Crippen molar-refractivity contribution in [2.24, 2.45) is 0 Å². The number of benzene rings is 2. The summed E-state index contributed by atoms with van der Waals surface area (Å²) in [5, 5.41) is 2.75. The molecule has 1 N–H and O–H groups in total. The molecule has 0 aliphatic carbocycles. The zero-order chi connectivity index (χ0) is 14.9. The zero-order valence-electron chi connectivity index (χ0n) is 11.5. The molecule has 4 rings (SSSR count). The summed E-state index contributed by atoms with van der Waals surface area (Å²) in [5.41, 5.74) is 2.02. The van der Waals surface area contributed by atoms with Gasteiger partial charge < -0.3 is 4.42 Å². The second-order valence-electron chi connectivity index (χ2n) is 4.94. The third kappa shape index (κ3) is 2.19. The summed E-state index contributed by atoms with van der Waals surface area (Å²) in [6, 6.07) is 16.2. The highest BCUT2D eigenvalue weighted by atomic mass is 32.2. The van der Waals surface area contributed by atoms with E-state index in [1.54, 1.807) is 11.8 Å². The first-order valence-corrected chi connectivity index (χ1v) is 7.70. The molecule has 1 aromatic heterocycles. The summed E-state index contributed by atoms with van der Waals surface area (Å²) in [5.74, 6) is -0.497. The SMILES string of the molecule is O=C(Nc1ncco1)C1c2ccccc2Sc2ccccc21. The van der Waals surface area contributed by atoms with Crippen LogP contribution in [0.3, 0.4) is 0 Å². The van der Waals surface area contributed by atoms with Gasteiger partial charge in [0.1, 0.15) is 6.26 Å². The molecule has 22 heavy (non-hydrogen) atoms. The summed E-state index contributed by atoms with van der Waals surface area (Å²) in [6.07, 6.45) is 2.95. The van der Waals surface area contributed by atoms with Crippen LogP contribution in [0.5, 0.6) is 0 Å². The summed E-state index contributed by atoms with van der Waals surface area (Å²) < 4.78 is 5.12. The van der Waals surface area contributed by atoms with Gasteiger partial charge in [0.2, 0.25) is 5.91 Å². The third-order valence-corrected chi connectivity index (χ3v) is 4.79. The molecule has 108 valence electrons. The largest absolute Gasteiger partial charge is 0.432 e. The first kappa shape index (κ1) is 13.2. The molecule has 0 unspecified atom stereocenters. The monoisotopic (exact) mass is 308 g/mol. The van der Waals surface area contributed by atoms with Crippen molar-refractivity contribution in [3.63, 3.8) is 0 Å². The first-order chi connectivity index (χ1) is 10.8. The predicted molar refractivity (Wildman–Crippen MR) is 84.0 cm³/mol. The van der Waals surface area contributed by atoms with E-state index in [-0.39, 0.29) is 17.8 Å². The summed E-state index contributed by atoms with van der Waals surface area (Å²) in [7, 11) is 0. The van der Waals surface area contributed by atoms with Crippen LogP contribution in [-0.2, 0) is 4.79 Å². The number of aromatic nitrogens is 1. The minimum atomic E-state index is -0.361. The Morgan fingerprint density at radius 3 is 2.27 bits per heavy atom. The van der Waals surface area contributed by atoms with E-state index in [1.807, 2.05) is 48.5 Å². The van der Waals surface area contributed by atoms with Crippen molar-refractivity contribution in [1.82, 2.24) is 4.98 Å². The highest BCUT2D eigenvalue weighted by Gasteiger charge is 2.31. The van der Waals surface area contributed by atoms with E-state index in [4.69, 9.17) is 4.42 Å². The van der Waals surface area contributed by atoms with Crippen LogP contribution in [-0.4, -0.2) is 10.9 Å². The molecule has 0 fully saturated rings. The maximum absolute atomic E-state index is 12.8. The number of anilines is 1. The number of nitrogens with one attached hydrogen (secondary N) is 1. The predicted octanol–water partition coefficient (Wildman–Crippen LogP) is 3.91. The maximum atomic E-state index is 12.8. The van der Waals surface area contributed by atoms with Gasteiger partial charge >= 0.3 is 6.01 Å². The average molecular weight is 308 g/mol. The standard InChI is InChI=1S/C17H12N2O2S/c20-16(19-17-18-9-10-21-17)15-11-5-1-3-7-13(11)22-14-8-4-2-6-12(14)15/h1-10,15H,(H,18,19,20). The van der Waals surface area contributed by atoms with Gasteiger partial charge in [0.05, 0.1) is 12.1 Å². The van der Waals surface area contributed by atoms with Gasteiger partial charge in [-0.25, -0.2) is 4.98 Å². The Morgan fingerprint density at radius 2 is 1.68 bits per heavy atom. The minimum Gasteiger partial charge on any atom is -0.432 e. The molecule has 2 aromatic carbocycles. The van der Waals surface area contributed by atoms with Crippen molar-refractivity contribution >= 4 is 23.7 Å². The van der Waals surface area contributed by atoms with Crippen molar-refractivity contribution in [2.45, 2.75) is 15.7 Å². The Hall–Kier alpha value is -2.53. The molecule has 3 aromatic rings. The lowest BCUT2D eigenvalue weighted by Crippen LogP contribution is -2.24. The van der Waals surface area contributed by atoms with Crippen molar-refractivity contribution in [1.29, 1.82) is 0 Å². The molecular formula is C17H12N2O2S. The van der Waals surface area contributed by atoms with Crippen LogP contribution in [0.15, 0.2) is 75.2 Å². The Bertz CT molecular complexity index is 785. The van der Waals surface area contributed by atoms with Gasteiger partial charge in [-0.2, -0.15) is 0 Å². The van der Waals surface area contributed by atoms with Crippen LogP contribution in [0.4, 0.5) is 6.01 Å². The highest BCUT2D eigenvalue weighted by Crippen LogP contribution is 2.45. The number of oxazole rings is 1. The molecular weight excluding hydrogens is 296 g/mol. The van der Waals surface area contributed by atoms with Gasteiger partial charge in [0, 0.05) is 9.79 Å². The number of rotatable bonds is 2. The quantitative estimate of drug-likeness (QED) is 0.780. The lowest BCUT2D eigenvalue weighted by molar-refractivity contribution is -0.117. The molecule has 0 radical (unpaired) electrons. The number of fused-ring (bicyclic) bond motifs is 2. The summed E-state index contributed by atoms with van der Waals surface area (Å²) in [4.78, 5) is 18.9. The number of hydrogen-bond donors (Lipinski definition) is 1. The molecule has 1 amide bonds. The maximum Gasteiger partial charge on any atom is 0.301 e. The molecule has 4 nitrogen and oxygen atoms in total. The Balaban J connectivity index is 1.79. The van der Waals surface area contributed by atoms with Crippen LogP contribution in [0, 0.1) is 0 Å². The topological polar surface area (TPSA) is 55.1 Å². The second-order valence-corrected chi connectivity index (χ2v) is 6.02. The lowest BCUT2D eigenvalue weighted by Gasteiger charge is -2.26. The molecule has 0 saturated carbocycles. The zero-order valence-corrected chi connectivity index (χ0v) is 12.3. The van der Waals surface area contributed by atoms with Gasteiger partial charge in [-0.3, -0.25) is 10.1 Å². The van der Waals surface area contributed by atoms with Gasteiger partial charge in [-0.05, 0) is 23.3 Å². The molecule has 0 spiro atoms. The number of carbonyl (C=O) groups is 1. The normalized spacial score (nSPS) is 13.3. The molecule has 0 atom stereocenters. The molecule has 2 heterocycles. The fourth-order valence-corrected chi connectivity index (χ4v) is 3.79. The van der Waals surface area contributed by atoms with Crippen LogP contribution in [0.1, 0.15) is 17.0 Å². The Kier molecular flexibility index (Phi) is 3.20. The molecule has 0 bridgehead atoms. The van der Waals surface area contributed by atoms with Crippen molar-refractivity contribution in [2.75, 3.05) is 5.32 Å². The molecule has 5 heteroatoms. The van der Waals surface area contributed by atoms with Crippen LogP contribution in [0.25, 0.3) is 0 Å².